The highest BCUT2D eigenvalue weighted by Crippen LogP contribution is 2.37. The van der Waals surface area contributed by atoms with Gasteiger partial charge in [0.15, 0.2) is 0 Å². The molecule has 2 unspecified atom stereocenters. The highest BCUT2D eigenvalue weighted by atomic mass is 19.4. The average Bonchev–Trinajstić information content (AvgIpc) is 2.76. The molecule has 1 rings (SSSR count). The van der Waals surface area contributed by atoms with Gasteiger partial charge in [-0.25, -0.2) is 0 Å². The summed E-state index contributed by atoms with van der Waals surface area (Å²) in [6.07, 6.45) is -0.849. The first-order chi connectivity index (χ1) is 8.87. The molecule has 0 heterocycles. The number of alkyl halides is 3. The van der Waals surface area contributed by atoms with E-state index in [-0.39, 0.29) is 5.92 Å². The van der Waals surface area contributed by atoms with E-state index in [1.165, 1.54) is 4.90 Å². The molecule has 1 aliphatic carbocycles. The van der Waals surface area contributed by atoms with Crippen molar-refractivity contribution < 1.29 is 13.2 Å². The molecule has 0 spiro atoms. The SMILES string of the molecule is CCN(CCC1CCCC1(C#N)NC)CC(F)(F)F. The van der Waals surface area contributed by atoms with Gasteiger partial charge in [0.05, 0.1) is 12.6 Å². The summed E-state index contributed by atoms with van der Waals surface area (Å²) < 4.78 is 37.1. The van der Waals surface area contributed by atoms with Crippen LogP contribution in [0.5, 0.6) is 0 Å². The van der Waals surface area contributed by atoms with Crippen molar-refractivity contribution in [1.82, 2.24) is 10.2 Å². The third-order valence-electron chi connectivity index (χ3n) is 4.11. The summed E-state index contributed by atoms with van der Waals surface area (Å²) in [5.41, 5.74) is -0.544. The molecule has 0 radical (unpaired) electrons. The first-order valence-electron chi connectivity index (χ1n) is 6.76. The third-order valence-corrected chi connectivity index (χ3v) is 4.11. The van der Waals surface area contributed by atoms with Gasteiger partial charge in [-0.2, -0.15) is 18.4 Å². The maximum absolute atomic E-state index is 12.4. The van der Waals surface area contributed by atoms with Gasteiger partial charge in [0.2, 0.25) is 0 Å². The zero-order valence-electron chi connectivity index (χ0n) is 11.6. The second-order valence-electron chi connectivity index (χ2n) is 5.19. The van der Waals surface area contributed by atoms with Crippen molar-refractivity contribution in [1.29, 1.82) is 5.26 Å². The van der Waals surface area contributed by atoms with Crippen LogP contribution in [-0.2, 0) is 0 Å². The molecule has 6 heteroatoms. The van der Waals surface area contributed by atoms with Crippen LogP contribution in [0.2, 0.25) is 0 Å². The zero-order chi connectivity index (χ0) is 14.5. The van der Waals surface area contributed by atoms with E-state index in [1.54, 1.807) is 14.0 Å². The predicted octanol–water partition coefficient (Wildman–Crippen LogP) is 2.54. The molecule has 19 heavy (non-hydrogen) atoms. The van der Waals surface area contributed by atoms with E-state index in [0.29, 0.717) is 19.5 Å². The van der Waals surface area contributed by atoms with E-state index in [9.17, 15) is 18.4 Å². The third kappa shape index (κ3) is 4.36. The fourth-order valence-electron chi connectivity index (χ4n) is 2.94. The van der Waals surface area contributed by atoms with Crippen molar-refractivity contribution >= 4 is 0 Å². The van der Waals surface area contributed by atoms with Crippen molar-refractivity contribution in [2.24, 2.45) is 5.92 Å². The van der Waals surface area contributed by atoms with Crippen molar-refractivity contribution in [3.05, 3.63) is 0 Å². The van der Waals surface area contributed by atoms with Crippen molar-refractivity contribution in [2.45, 2.75) is 44.3 Å². The van der Waals surface area contributed by atoms with Gasteiger partial charge in [0, 0.05) is 0 Å². The summed E-state index contributed by atoms with van der Waals surface area (Å²) in [5, 5.41) is 12.4. The van der Waals surface area contributed by atoms with E-state index < -0.39 is 18.3 Å². The Bertz CT molecular complexity index is 324. The van der Waals surface area contributed by atoms with Crippen LogP contribution in [0.4, 0.5) is 13.2 Å². The molecule has 0 amide bonds. The molecular formula is C13H22F3N3. The molecule has 0 aromatic carbocycles. The van der Waals surface area contributed by atoms with Crippen LogP contribution in [-0.4, -0.2) is 43.3 Å². The Labute approximate surface area is 112 Å². The summed E-state index contributed by atoms with van der Waals surface area (Å²) in [7, 11) is 1.76. The van der Waals surface area contributed by atoms with Crippen LogP contribution in [0.25, 0.3) is 0 Å². The molecule has 0 aliphatic heterocycles. The molecule has 0 saturated heterocycles. The lowest BCUT2D eigenvalue weighted by Gasteiger charge is -2.30. The van der Waals surface area contributed by atoms with E-state index in [0.717, 1.165) is 19.3 Å². The Morgan fingerprint density at radius 3 is 2.63 bits per heavy atom. The minimum Gasteiger partial charge on any atom is -0.302 e. The fourth-order valence-corrected chi connectivity index (χ4v) is 2.94. The van der Waals surface area contributed by atoms with E-state index in [2.05, 4.69) is 11.4 Å². The standard InChI is InChI=1S/C13H22F3N3/c1-3-19(10-13(14,15)16)8-6-11-5-4-7-12(11,9-17)18-2/h11,18H,3-8,10H2,1-2H3. The highest BCUT2D eigenvalue weighted by molar-refractivity contribution is 5.13. The smallest absolute Gasteiger partial charge is 0.302 e. The summed E-state index contributed by atoms with van der Waals surface area (Å²) >= 11 is 0. The normalized spacial score (nSPS) is 27.7. The van der Waals surface area contributed by atoms with Gasteiger partial charge in [0.25, 0.3) is 0 Å². The molecule has 1 fully saturated rings. The van der Waals surface area contributed by atoms with Crippen LogP contribution in [0.15, 0.2) is 0 Å². The van der Waals surface area contributed by atoms with Gasteiger partial charge >= 0.3 is 6.18 Å². The van der Waals surface area contributed by atoms with Crippen LogP contribution in [0.1, 0.15) is 32.6 Å². The summed E-state index contributed by atoms with van der Waals surface area (Å²) in [4.78, 5) is 1.40. The Kier molecular flexibility index (Phi) is 5.63. The van der Waals surface area contributed by atoms with Crippen molar-refractivity contribution in [2.75, 3.05) is 26.7 Å². The van der Waals surface area contributed by atoms with Crippen LogP contribution >= 0.6 is 0 Å². The maximum Gasteiger partial charge on any atom is 0.401 e. The first kappa shape index (κ1) is 16.3. The van der Waals surface area contributed by atoms with Gasteiger partial charge in [-0.05, 0) is 45.3 Å². The minimum atomic E-state index is -4.15. The van der Waals surface area contributed by atoms with E-state index >= 15 is 0 Å². The number of halogens is 3. The van der Waals surface area contributed by atoms with Crippen LogP contribution in [0.3, 0.4) is 0 Å². The zero-order valence-corrected chi connectivity index (χ0v) is 11.6. The monoisotopic (exact) mass is 277 g/mol. The Morgan fingerprint density at radius 2 is 2.16 bits per heavy atom. The van der Waals surface area contributed by atoms with Gasteiger partial charge in [-0.15, -0.1) is 0 Å². The van der Waals surface area contributed by atoms with Gasteiger partial charge in [-0.3, -0.25) is 4.90 Å². The fraction of sp³-hybridized carbons (Fsp3) is 0.923. The molecule has 0 aromatic heterocycles. The van der Waals surface area contributed by atoms with Gasteiger partial charge < -0.3 is 5.32 Å². The number of nitriles is 1. The largest absolute Gasteiger partial charge is 0.401 e. The maximum atomic E-state index is 12.4. The van der Waals surface area contributed by atoms with E-state index in [1.807, 2.05) is 0 Å². The highest BCUT2D eigenvalue weighted by Gasteiger charge is 2.42. The molecular weight excluding hydrogens is 255 g/mol. The van der Waals surface area contributed by atoms with Crippen LogP contribution < -0.4 is 5.32 Å². The number of nitrogens with zero attached hydrogens (tertiary/aromatic N) is 2. The predicted molar refractivity (Wildman–Crippen MR) is 67.5 cm³/mol. The number of hydrogen-bond acceptors (Lipinski definition) is 3. The first-order valence-corrected chi connectivity index (χ1v) is 6.76. The Hall–Kier alpha value is -0.800. The second kappa shape index (κ2) is 6.58. The molecule has 110 valence electrons. The van der Waals surface area contributed by atoms with Crippen LogP contribution in [0, 0.1) is 17.2 Å². The lowest BCUT2D eigenvalue weighted by Crippen LogP contribution is -2.46. The molecule has 0 aromatic rings. The molecule has 1 saturated carbocycles. The lowest BCUT2D eigenvalue weighted by molar-refractivity contribution is -0.145. The summed E-state index contributed by atoms with van der Waals surface area (Å²) in [6, 6.07) is 2.32. The van der Waals surface area contributed by atoms with Crippen molar-refractivity contribution in [3.8, 4) is 6.07 Å². The van der Waals surface area contributed by atoms with Gasteiger partial charge in [0.1, 0.15) is 5.54 Å². The van der Waals surface area contributed by atoms with Crippen molar-refractivity contribution in [3.63, 3.8) is 0 Å². The minimum absolute atomic E-state index is 0.143. The number of nitrogens with one attached hydrogen (secondary N) is 1. The number of rotatable bonds is 6. The molecule has 3 nitrogen and oxygen atoms in total. The number of hydrogen-bond donors (Lipinski definition) is 1. The quantitative estimate of drug-likeness (QED) is 0.811. The van der Waals surface area contributed by atoms with E-state index in [4.69, 9.17) is 0 Å². The van der Waals surface area contributed by atoms with Gasteiger partial charge in [-0.1, -0.05) is 13.3 Å². The molecule has 0 bridgehead atoms. The molecule has 1 aliphatic rings. The topological polar surface area (TPSA) is 39.1 Å². The summed E-state index contributed by atoms with van der Waals surface area (Å²) in [5.74, 6) is 0.143. The lowest BCUT2D eigenvalue weighted by atomic mass is 9.86. The molecule has 2 atom stereocenters. The molecule has 1 N–H and O–H groups in total. The summed E-state index contributed by atoms with van der Waals surface area (Å²) in [6.45, 7) is 1.64. The Morgan fingerprint density at radius 1 is 1.47 bits per heavy atom. The Balaban J connectivity index is 2.53. The second-order valence-corrected chi connectivity index (χ2v) is 5.19. The average molecular weight is 277 g/mol.